The fourth-order valence-electron chi connectivity index (χ4n) is 1.02. The van der Waals surface area contributed by atoms with Crippen LogP contribution in [-0.2, 0) is 5.75 Å². The van der Waals surface area contributed by atoms with E-state index in [1.165, 1.54) is 11.8 Å². The molecular formula is C11H11F3S. The maximum Gasteiger partial charge on any atom is 0.301 e. The Morgan fingerprint density at radius 1 is 1.07 bits per heavy atom. The Kier molecular flexibility index (Phi) is 5.32. The van der Waals surface area contributed by atoms with E-state index < -0.39 is 11.9 Å². The van der Waals surface area contributed by atoms with Gasteiger partial charge < -0.3 is 0 Å². The van der Waals surface area contributed by atoms with Crippen LogP contribution in [0.2, 0.25) is 0 Å². The van der Waals surface area contributed by atoms with Crippen LogP contribution in [-0.4, -0.2) is 5.75 Å². The van der Waals surface area contributed by atoms with E-state index in [1.807, 2.05) is 30.3 Å². The fraction of sp³-hybridized carbons (Fsp3) is 0.273. The van der Waals surface area contributed by atoms with Crippen LogP contribution in [0.4, 0.5) is 13.2 Å². The Balaban J connectivity index is 2.21. The molecule has 1 rings (SSSR count). The van der Waals surface area contributed by atoms with Crippen molar-refractivity contribution in [1.82, 2.24) is 0 Å². The molecule has 0 saturated carbocycles. The van der Waals surface area contributed by atoms with Crippen LogP contribution in [0.5, 0.6) is 0 Å². The van der Waals surface area contributed by atoms with Crippen molar-refractivity contribution < 1.29 is 13.2 Å². The summed E-state index contributed by atoms with van der Waals surface area (Å²) in [5.74, 6) is -0.198. The first-order valence-electron chi connectivity index (χ1n) is 4.51. The molecular weight excluding hydrogens is 221 g/mol. The molecule has 0 saturated heterocycles. The Hall–Kier alpha value is -0.900. The lowest BCUT2D eigenvalue weighted by Gasteiger charge is -2.00. The van der Waals surface area contributed by atoms with Gasteiger partial charge in [0.2, 0.25) is 0 Å². The molecule has 0 N–H and O–H groups in total. The second kappa shape index (κ2) is 6.56. The lowest BCUT2D eigenvalue weighted by Crippen LogP contribution is -1.85. The molecule has 0 fully saturated rings. The van der Waals surface area contributed by atoms with E-state index in [0.29, 0.717) is 5.75 Å². The van der Waals surface area contributed by atoms with E-state index >= 15 is 0 Å². The van der Waals surface area contributed by atoms with Crippen molar-refractivity contribution in [2.24, 2.45) is 0 Å². The van der Waals surface area contributed by atoms with E-state index in [-0.39, 0.29) is 6.42 Å². The van der Waals surface area contributed by atoms with Crippen molar-refractivity contribution >= 4 is 11.8 Å². The van der Waals surface area contributed by atoms with Gasteiger partial charge in [0.15, 0.2) is 5.83 Å². The summed E-state index contributed by atoms with van der Waals surface area (Å²) in [4.78, 5) is 0. The zero-order valence-electron chi connectivity index (χ0n) is 8.05. The van der Waals surface area contributed by atoms with Gasteiger partial charge in [-0.3, -0.25) is 0 Å². The predicted molar refractivity (Wildman–Crippen MR) is 57.6 cm³/mol. The smallest absolute Gasteiger partial charge is 0.206 e. The normalized spacial score (nSPS) is 10.1. The molecule has 0 aromatic heterocycles. The van der Waals surface area contributed by atoms with Crippen LogP contribution in [0.3, 0.4) is 0 Å². The summed E-state index contributed by atoms with van der Waals surface area (Å²) in [5.41, 5.74) is 1.12. The molecule has 0 heterocycles. The minimum absolute atomic E-state index is 0.195. The largest absolute Gasteiger partial charge is 0.301 e. The van der Waals surface area contributed by atoms with Gasteiger partial charge in [0, 0.05) is 17.9 Å². The first-order chi connectivity index (χ1) is 7.20. The summed E-state index contributed by atoms with van der Waals surface area (Å²) >= 11 is 1.44. The van der Waals surface area contributed by atoms with Gasteiger partial charge in [-0.25, -0.2) is 4.39 Å². The molecule has 0 unspecified atom stereocenters. The van der Waals surface area contributed by atoms with Crippen LogP contribution in [0.1, 0.15) is 12.0 Å². The Bertz CT molecular complexity index is 318. The second-order valence-electron chi connectivity index (χ2n) is 2.95. The molecule has 0 amide bonds. The number of hydrogen-bond donors (Lipinski definition) is 0. The highest BCUT2D eigenvalue weighted by Gasteiger charge is 2.04. The van der Waals surface area contributed by atoms with Gasteiger partial charge in [0.25, 0.3) is 0 Å². The van der Waals surface area contributed by atoms with E-state index in [0.717, 1.165) is 11.3 Å². The average molecular weight is 232 g/mol. The fourth-order valence-corrected chi connectivity index (χ4v) is 1.92. The minimum Gasteiger partial charge on any atom is -0.206 e. The minimum atomic E-state index is -2.20. The van der Waals surface area contributed by atoms with Crippen molar-refractivity contribution in [3.05, 3.63) is 47.8 Å². The van der Waals surface area contributed by atoms with E-state index in [2.05, 4.69) is 0 Å². The SMILES string of the molecule is FC(F)=C(F)CCSCc1ccccc1. The van der Waals surface area contributed by atoms with Gasteiger partial charge in [-0.2, -0.15) is 20.5 Å². The van der Waals surface area contributed by atoms with Crippen molar-refractivity contribution in [3.63, 3.8) is 0 Å². The first-order valence-corrected chi connectivity index (χ1v) is 5.67. The molecule has 0 aliphatic carbocycles. The molecule has 0 radical (unpaired) electrons. The van der Waals surface area contributed by atoms with E-state index in [4.69, 9.17) is 0 Å². The number of halogens is 3. The quantitative estimate of drug-likeness (QED) is 0.678. The topological polar surface area (TPSA) is 0 Å². The molecule has 0 bridgehead atoms. The predicted octanol–water partition coefficient (Wildman–Crippen LogP) is 4.39. The lowest BCUT2D eigenvalue weighted by molar-refractivity contribution is 0.373. The van der Waals surface area contributed by atoms with Crippen LogP contribution in [0, 0.1) is 0 Å². The number of benzene rings is 1. The summed E-state index contributed by atoms with van der Waals surface area (Å²) < 4.78 is 35.7. The standard InChI is InChI=1S/C11H11F3S/c12-10(11(13)14)6-7-15-8-9-4-2-1-3-5-9/h1-5H,6-8H2. The number of rotatable bonds is 5. The Morgan fingerprint density at radius 2 is 1.73 bits per heavy atom. The molecule has 15 heavy (non-hydrogen) atoms. The van der Waals surface area contributed by atoms with Crippen LogP contribution in [0.25, 0.3) is 0 Å². The van der Waals surface area contributed by atoms with Gasteiger partial charge in [0.05, 0.1) is 0 Å². The maximum atomic E-state index is 12.4. The maximum absolute atomic E-state index is 12.4. The van der Waals surface area contributed by atoms with E-state index in [1.54, 1.807) is 0 Å². The van der Waals surface area contributed by atoms with Crippen molar-refractivity contribution in [2.45, 2.75) is 12.2 Å². The summed E-state index contributed by atoms with van der Waals surface area (Å²) in [6.45, 7) is 0. The van der Waals surface area contributed by atoms with Gasteiger partial charge in [-0.05, 0) is 5.56 Å². The molecule has 1 aromatic rings. The zero-order chi connectivity index (χ0) is 11.1. The summed E-state index contributed by atoms with van der Waals surface area (Å²) in [6.07, 6.45) is -2.39. The molecule has 0 spiro atoms. The lowest BCUT2D eigenvalue weighted by atomic mass is 10.2. The van der Waals surface area contributed by atoms with Crippen molar-refractivity contribution in [2.75, 3.05) is 5.75 Å². The monoisotopic (exact) mass is 232 g/mol. The summed E-state index contributed by atoms with van der Waals surface area (Å²) in [5, 5.41) is 0. The number of thioether (sulfide) groups is 1. The Labute approximate surface area is 91.2 Å². The second-order valence-corrected chi connectivity index (χ2v) is 4.06. The zero-order valence-corrected chi connectivity index (χ0v) is 8.87. The highest BCUT2D eigenvalue weighted by Crippen LogP contribution is 2.18. The molecule has 4 heteroatoms. The van der Waals surface area contributed by atoms with Gasteiger partial charge in [-0.15, -0.1) is 0 Å². The highest BCUT2D eigenvalue weighted by molar-refractivity contribution is 7.98. The third-order valence-electron chi connectivity index (χ3n) is 1.78. The van der Waals surface area contributed by atoms with Crippen LogP contribution in [0.15, 0.2) is 42.2 Å². The third kappa shape index (κ3) is 4.93. The highest BCUT2D eigenvalue weighted by atomic mass is 32.2. The van der Waals surface area contributed by atoms with Crippen LogP contribution < -0.4 is 0 Å². The van der Waals surface area contributed by atoms with Crippen molar-refractivity contribution in [1.29, 1.82) is 0 Å². The van der Waals surface area contributed by atoms with Gasteiger partial charge >= 0.3 is 6.08 Å². The molecule has 0 aliphatic rings. The number of allylic oxidation sites excluding steroid dienone is 1. The third-order valence-corrected chi connectivity index (χ3v) is 2.81. The average Bonchev–Trinajstić information content (AvgIpc) is 2.25. The molecule has 0 nitrogen and oxygen atoms in total. The van der Waals surface area contributed by atoms with Gasteiger partial charge in [-0.1, -0.05) is 30.3 Å². The summed E-state index contributed by atoms with van der Waals surface area (Å²) in [6, 6.07) is 9.65. The van der Waals surface area contributed by atoms with Gasteiger partial charge in [0.1, 0.15) is 0 Å². The first kappa shape index (κ1) is 12.2. The number of hydrogen-bond acceptors (Lipinski definition) is 1. The Morgan fingerprint density at radius 3 is 2.33 bits per heavy atom. The molecule has 0 aliphatic heterocycles. The molecule has 0 atom stereocenters. The molecule has 1 aromatic carbocycles. The van der Waals surface area contributed by atoms with E-state index in [9.17, 15) is 13.2 Å². The van der Waals surface area contributed by atoms with Crippen molar-refractivity contribution in [3.8, 4) is 0 Å². The summed E-state index contributed by atoms with van der Waals surface area (Å²) in [7, 11) is 0. The van der Waals surface area contributed by atoms with Crippen LogP contribution >= 0.6 is 11.8 Å². The molecule has 82 valence electrons.